The standard InChI is InChI=1S/C21H27FN2O5S/c1-20(2,3)29-19(25)10-18-23-21(11-15(28-4)7-5-13(21)12-30-18)16-9-14(24(26)27)6-8-17(16)22/h6,8-9,13,15H,5,7,10-12H2,1-4H3/t13-,15-,21-/m0/s1. The summed E-state index contributed by atoms with van der Waals surface area (Å²) >= 11 is 1.47. The number of hydrogen-bond donors (Lipinski definition) is 0. The van der Waals surface area contributed by atoms with Crippen molar-refractivity contribution in [3.05, 3.63) is 39.7 Å². The molecular formula is C21H27FN2O5S. The van der Waals surface area contributed by atoms with Crippen LogP contribution in [0.25, 0.3) is 0 Å². The molecule has 3 atom stereocenters. The number of benzene rings is 1. The van der Waals surface area contributed by atoms with Gasteiger partial charge in [0.2, 0.25) is 0 Å². The van der Waals surface area contributed by atoms with Crippen LogP contribution in [0.2, 0.25) is 0 Å². The molecule has 0 aromatic heterocycles. The Bertz CT molecular complexity index is 869. The van der Waals surface area contributed by atoms with Gasteiger partial charge in [0.25, 0.3) is 5.69 Å². The first kappa shape index (κ1) is 22.7. The molecule has 1 aliphatic heterocycles. The van der Waals surface area contributed by atoms with Crippen LogP contribution in [0.15, 0.2) is 23.2 Å². The summed E-state index contributed by atoms with van der Waals surface area (Å²) < 4.78 is 26.0. The summed E-state index contributed by atoms with van der Waals surface area (Å²) in [6.45, 7) is 5.38. The largest absolute Gasteiger partial charge is 0.460 e. The topological polar surface area (TPSA) is 91.0 Å². The van der Waals surface area contributed by atoms with Gasteiger partial charge in [-0.3, -0.25) is 19.9 Å². The molecule has 1 aromatic rings. The van der Waals surface area contributed by atoms with Crippen molar-refractivity contribution in [3.8, 4) is 0 Å². The van der Waals surface area contributed by atoms with Crippen molar-refractivity contribution in [2.45, 2.75) is 63.7 Å². The number of rotatable bonds is 5. The number of hydrogen-bond acceptors (Lipinski definition) is 7. The molecule has 1 saturated carbocycles. The highest BCUT2D eigenvalue weighted by atomic mass is 32.2. The number of nitrogens with zero attached hydrogens (tertiary/aromatic N) is 2. The van der Waals surface area contributed by atoms with Gasteiger partial charge in [0, 0.05) is 37.0 Å². The number of nitro groups is 1. The number of thioether (sulfide) groups is 1. The SMILES string of the molecule is CO[C@H]1CC[C@H]2CSC(CC(=O)OC(C)(C)C)=N[C@@]2(c2cc([N+](=O)[O-])ccc2F)C1. The Balaban J connectivity index is 2.05. The number of fused-ring (bicyclic) bond motifs is 1. The molecule has 0 amide bonds. The molecule has 1 aromatic carbocycles. The maximum absolute atomic E-state index is 15.0. The van der Waals surface area contributed by atoms with E-state index in [9.17, 15) is 19.3 Å². The number of aliphatic imine (C=N–C) groups is 1. The normalized spacial score (nSPS) is 26.5. The van der Waals surface area contributed by atoms with Gasteiger partial charge in [-0.1, -0.05) is 0 Å². The van der Waals surface area contributed by atoms with Crippen LogP contribution in [0, 0.1) is 21.8 Å². The van der Waals surface area contributed by atoms with Crippen LogP contribution in [0.4, 0.5) is 10.1 Å². The number of methoxy groups -OCH3 is 1. The quantitative estimate of drug-likeness (QED) is 0.378. The predicted octanol–water partition coefficient (Wildman–Crippen LogP) is 4.62. The molecule has 0 N–H and O–H groups in total. The minimum absolute atomic E-state index is 0.00668. The van der Waals surface area contributed by atoms with Gasteiger partial charge < -0.3 is 9.47 Å². The number of nitro benzene ring substituents is 1. The second-order valence-electron chi connectivity index (χ2n) is 8.76. The molecule has 1 heterocycles. The zero-order chi connectivity index (χ0) is 22.1. The number of halogens is 1. The van der Waals surface area contributed by atoms with Crippen molar-refractivity contribution in [1.29, 1.82) is 0 Å². The van der Waals surface area contributed by atoms with Crippen LogP contribution in [0.1, 0.15) is 52.0 Å². The summed E-state index contributed by atoms with van der Waals surface area (Å²) in [5.74, 6) is -0.288. The Labute approximate surface area is 179 Å². The second-order valence-corrected chi connectivity index (χ2v) is 9.85. The van der Waals surface area contributed by atoms with E-state index < -0.39 is 27.8 Å². The van der Waals surface area contributed by atoms with Crippen molar-refractivity contribution in [3.63, 3.8) is 0 Å². The van der Waals surface area contributed by atoms with Gasteiger partial charge in [-0.05, 0) is 45.6 Å². The first-order chi connectivity index (χ1) is 14.0. The first-order valence-electron chi connectivity index (χ1n) is 9.94. The van der Waals surface area contributed by atoms with E-state index >= 15 is 0 Å². The second kappa shape index (κ2) is 8.63. The Morgan fingerprint density at radius 2 is 2.13 bits per heavy atom. The molecule has 0 unspecified atom stereocenters. The number of ether oxygens (including phenoxy) is 2. The molecule has 0 bridgehead atoms. The molecule has 0 saturated heterocycles. The maximum Gasteiger partial charge on any atom is 0.312 e. The molecule has 2 aliphatic rings. The fraction of sp³-hybridized carbons (Fsp3) is 0.619. The van der Waals surface area contributed by atoms with E-state index in [0.717, 1.165) is 25.0 Å². The molecule has 0 spiro atoms. The molecule has 3 rings (SSSR count). The van der Waals surface area contributed by atoms with Crippen molar-refractivity contribution in [2.24, 2.45) is 10.9 Å². The lowest BCUT2D eigenvalue weighted by molar-refractivity contribution is -0.385. The fourth-order valence-corrected chi connectivity index (χ4v) is 5.48. The Hall–Kier alpha value is -2.00. The fourth-order valence-electron chi connectivity index (χ4n) is 4.19. The Morgan fingerprint density at radius 1 is 1.40 bits per heavy atom. The van der Waals surface area contributed by atoms with Crippen molar-refractivity contribution in [1.82, 2.24) is 0 Å². The van der Waals surface area contributed by atoms with E-state index in [-0.39, 0.29) is 29.7 Å². The highest BCUT2D eigenvalue weighted by Crippen LogP contribution is 2.51. The van der Waals surface area contributed by atoms with Crippen LogP contribution in [-0.2, 0) is 19.8 Å². The lowest BCUT2D eigenvalue weighted by Crippen LogP contribution is -2.46. The third-order valence-corrected chi connectivity index (χ3v) is 6.64. The average molecular weight is 439 g/mol. The van der Waals surface area contributed by atoms with Gasteiger partial charge in [0.1, 0.15) is 11.4 Å². The molecule has 30 heavy (non-hydrogen) atoms. The van der Waals surface area contributed by atoms with Crippen LogP contribution < -0.4 is 0 Å². The molecule has 9 heteroatoms. The van der Waals surface area contributed by atoms with Crippen LogP contribution in [0.3, 0.4) is 0 Å². The van der Waals surface area contributed by atoms with E-state index in [1.54, 1.807) is 27.9 Å². The number of carbonyl (C=O) groups is 1. The van der Waals surface area contributed by atoms with Gasteiger partial charge >= 0.3 is 5.97 Å². The highest BCUT2D eigenvalue weighted by molar-refractivity contribution is 8.14. The number of carbonyl (C=O) groups excluding carboxylic acids is 1. The third kappa shape index (κ3) is 4.83. The summed E-state index contributed by atoms with van der Waals surface area (Å²) in [7, 11) is 1.60. The number of esters is 1. The first-order valence-corrected chi connectivity index (χ1v) is 10.9. The molecule has 1 fully saturated rings. The minimum atomic E-state index is -1.00. The monoisotopic (exact) mass is 438 g/mol. The van der Waals surface area contributed by atoms with Crippen molar-refractivity contribution < 1.29 is 23.6 Å². The van der Waals surface area contributed by atoms with E-state index in [0.29, 0.717) is 17.2 Å². The van der Waals surface area contributed by atoms with Gasteiger partial charge in [-0.25, -0.2) is 4.39 Å². The van der Waals surface area contributed by atoms with E-state index in [2.05, 4.69) is 0 Å². The predicted molar refractivity (Wildman–Crippen MR) is 113 cm³/mol. The van der Waals surface area contributed by atoms with Crippen LogP contribution in [0.5, 0.6) is 0 Å². The smallest absolute Gasteiger partial charge is 0.312 e. The molecule has 164 valence electrons. The summed E-state index contributed by atoms with van der Waals surface area (Å²) in [6, 6.07) is 3.56. The zero-order valence-corrected chi connectivity index (χ0v) is 18.5. The van der Waals surface area contributed by atoms with Gasteiger partial charge in [0.15, 0.2) is 0 Å². The van der Waals surface area contributed by atoms with Gasteiger partial charge in [-0.2, -0.15) is 0 Å². The number of non-ortho nitro benzene ring substituents is 1. The summed E-state index contributed by atoms with van der Waals surface area (Å²) in [6.07, 6.45) is 1.83. The lowest BCUT2D eigenvalue weighted by atomic mass is 9.68. The molecule has 1 aliphatic carbocycles. The third-order valence-electron chi connectivity index (χ3n) is 5.50. The Kier molecular flexibility index (Phi) is 6.52. The lowest BCUT2D eigenvalue weighted by Gasteiger charge is -2.47. The molecule has 7 nitrogen and oxygen atoms in total. The average Bonchev–Trinajstić information content (AvgIpc) is 2.65. The van der Waals surface area contributed by atoms with Crippen molar-refractivity contribution in [2.75, 3.05) is 12.9 Å². The van der Waals surface area contributed by atoms with E-state index in [1.807, 2.05) is 0 Å². The summed E-state index contributed by atoms with van der Waals surface area (Å²) in [5, 5.41) is 11.9. The maximum atomic E-state index is 15.0. The van der Waals surface area contributed by atoms with Gasteiger partial charge in [0.05, 0.1) is 28.0 Å². The van der Waals surface area contributed by atoms with Crippen LogP contribution in [-0.4, -0.2) is 40.5 Å². The van der Waals surface area contributed by atoms with E-state index in [1.165, 1.54) is 17.8 Å². The summed E-state index contributed by atoms with van der Waals surface area (Å²) in [4.78, 5) is 28.0. The zero-order valence-electron chi connectivity index (χ0n) is 17.6. The summed E-state index contributed by atoms with van der Waals surface area (Å²) in [5.41, 5.74) is -1.60. The molecular weight excluding hydrogens is 411 g/mol. The van der Waals surface area contributed by atoms with Crippen LogP contribution >= 0.6 is 11.8 Å². The molecule has 0 radical (unpaired) electrons. The van der Waals surface area contributed by atoms with Gasteiger partial charge in [-0.15, -0.1) is 11.8 Å². The van der Waals surface area contributed by atoms with E-state index in [4.69, 9.17) is 14.5 Å². The highest BCUT2D eigenvalue weighted by Gasteiger charge is 2.49. The van der Waals surface area contributed by atoms with Crippen molar-refractivity contribution >= 4 is 28.5 Å². The minimum Gasteiger partial charge on any atom is -0.460 e. The Morgan fingerprint density at radius 3 is 2.77 bits per heavy atom.